The summed E-state index contributed by atoms with van der Waals surface area (Å²) >= 11 is 0. The van der Waals surface area contributed by atoms with Crippen LogP contribution in [0.15, 0.2) is 0 Å². The van der Waals surface area contributed by atoms with Gasteiger partial charge in [-0.2, -0.15) is 0 Å². The van der Waals surface area contributed by atoms with Crippen molar-refractivity contribution in [1.29, 1.82) is 0 Å². The van der Waals surface area contributed by atoms with Crippen LogP contribution in [-0.2, 0) is 8.85 Å². The summed E-state index contributed by atoms with van der Waals surface area (Å²) < 4.78 is 12.2. The van der Waals surface area contributed by atoms with Gasteiger partial charge in [0.05, 0.1) is 0 Å². The van der Waals surface area contributed by atoms with E-state index in [1.54, 1.807) is 0 Å². The van der Waals surface area contributed by atoms with Crippen molar-refractivity contribution >= 4 is 8.56 Å². The third-order valence-corrected chi connectivity index (χ3v) is 6.65. The third kappa shape index (κ3) is 7.71. The Labute approximate surface area is 125 Å². The van der Waals surface area contributed by atoms with Crippen molar-refractivity contribution in [2.24, 2.45) is 5.73 Å². The van der Waals surface area contributed by atoms with Gasteiger partial charge in [0, 0.05) is 39.4 Å². The summed E-state index contributed by atoms with van der Waals surface area (Å²) in [5.74, 6) is 0. The number of nitrogens with zero attached hydrogens (tertiary/aromatic N) is 1. The molecule has 1 heterocycles. The van der Waals surface area contributed by atoms with Crippen LogP contribution in [0.4, 0.5) is 0 Å². The molecule has 1 aliphatic rings. The lowest BCUT2D eigenvalue weighted by Crippen LogP contribution is -2.46. The summed E-state index contributed by atoms with van der Waals surface area (Å²) in [5, 5.41) is 3.33. The van der Waals surface area contributed by atoms with Crippen LogP contribution in [0.5, 0.6) is 0 Å². The van der Waals surface area contributed by atoms with Crippen LogP contribution in [0.1, 0.15) is 26.2 Å². The van der Waals surface area contributed by atoms with E-state index in [0.29, 0.717) is 6.54 Å². The number of hydrogen-bond donors (Lipinski definition) is 2. The van der Waals surface area contributed by atoms with Crippen molar-refractivity contribution in [1.82, 2.24) is 10.2 Å². The normalized spacial score (nSPS) is 20.6. The molecule has 0 aromatic rings. The minimum Gasteiger partial charge on any atom is -0.393 e. The molecule has 0 unspecified atom stereocenters. The van der Waals surface area contributed by atoms with Crippen molar-refractivity contribution in [3.8, 4) is 0 Å². The number of rotatable bonds is 9. The zero-order chi connectivity index (χ0) is 14.7. The molecule has 1 rings (SSSR count). The Morgan fingerprint density at radius 1 is 1.15 bits per heavy atom. The number of unbranched alkanes of at least 4 members (excludes halogenated alkanes) is 1. The molecule has 0 atom stereocenters. The molecule has 0 amide bonds. The first-order valence-electron chi connectivity index (χ1n) is 8.11. The molecule has 0 spiro atoms. The lowest BCUT2D eigenvalue weighted by atomic mass is 10.3. The molecule has 1 saturated heterocycles. The van der Waals surface area contributed by atoms with E-state index in [1.165, 1.54) is 19.4 Å². The van der Waals surface area contributed by atoms with E-state index in [4.69, 9.17) is 14.6 Å². The molecule has 0 saturated carbocycles. The van der Waals surface area contributed by atoms with Gasteiger partial charge in [-0.1, -0.05) is 13.3 Å². The summed E-state index contributed by atoms with van der Waals surface area (Å²) in [4.78, 5) is 2.46. The predicted molar refractivity (Wildman–Crippen MR) is 86.2 cm³/mol. The Hall–Kier alpha value is 0.0169. The Balaban J connectivity index is 2.20. The van der Waals surface area contributed by atoms with Gasteiger partial charge in [0.1, 0.15) is 0 Å². The molecule has 3 N–H and O–H groups in total. The first-order chi connectivity index (χ1) is 9.70. The maximum absolute atomic E-state index is 6.11. The van der Waals surface area contributed by atoms with Gasteiger partial charge in [-0.15, -0.1) is 0 Å². The Kier molecular flexibility index (Phi) is 9.67. The Morgan fingerprint density at radius 2 is 1.85 bits per heavy atom. The van der Waals surface area contributed by atoms with E-state index in [-0.39, 0.29) is 0 Å². The van der Waals surface area contributed by atoms with Crippen molar-refractivity contribution in [2.75, 3.05) is 52.5 Å². The van der Waals surface area contributed by atoms with Gasteiger partial charge in [-0.05, 0) is 38.5 Å². The highest BCUT2D eigenvalue weighted by Crippen LogP contribution is 2.17. The quantitative estimate of drug-likeness (QED) is 0.494. The molecule has 0 radical (unpaired) electrons. The van der Waals surface area contributed by atoms with E-state index in [0.717, 1.165) is 51.9 Å². The average Bonchev–Trinajstić information content (AvgIpc) is 2.42. The first kappa shape index (κ1) is 18.1. The van der Waals surface area contributed by atoms with E-state index in [2.05, 4.69) is 23.7 Å². The molecule has 5 nitrogen and oxygen atoms in total. The summed E-state index contributed by atoms with van der Waals surface area (Å²) in [7, 11) is -1.94. The van der Waals surface area contributed by atoms with Crippen molar-refractivity contribution in [3.05, 3.63) is 0 Å². The molecule has 1 fully saturated rings. The lowest BCUT2D eigenvalue weighted by molar-refractivity contribution is 0.0953. The first-order valence-corrected chi connectivity index (χ1v) is 10.6. The fraction of sp³-hybridized carbons (Fsp3) is 1.00. The van der Waals surface area contributed by atoms with Crippen molar-refractivity contribution in [3.63, 3.8) is 0 Å². The van der Waals surface area contributed by atoms with Gasteiger partial charge in [0.2, 0.25) is 0 Å². The van der Waals surface area contributed by atoms with Crippen LogP contribution in [0.2, 0.25) is 12.6 Å². The highest BCUT2D eigenvalue weighted by molar-refractivity contribution is 6.66. The standard InChI is InChI=1S/C14H33N3O2Si/c1-3-4-9-17-10-12-18-20(2,19-13-11-17)14-5-7-16-8-6-15/h16H,3-15H2,1-2H3. The second-order valence-corrected chi connectivity index (χ2v) is 9.01. The highest BCUT2D eigenvalue weighted by atomic mass is 28.4. The maximum Gasteiger partial charge on any atom is 0.335 e. The fourth-order valence-electron chi connectivity index (χ4n) is 2.45. The zero-order valence-electron chi connectivity index (χ0n) is 13.3. The van der Waals surface area contributed by atoms with Gasteiger partial charge in [0.15, 0.2) is 0 Å². The van der Waals surface area contributed by atoms with Gasteiger partial charge in [0.25, 0.3) is 0 Å². The van der Waals surface area contributed by atoms with Crippen LogP contribution >= 0.6 is 0 Å². The van der Waals surface area contributed by atoms with Crippen LogP contribution in [0.3, 0.4) is 0 Å². The summed E-state index contributed by atoms with van der Waals surface area (Å²) in [6, 6.07) is 1.07. The molecule has 0 aliphatic carbocycles. The monoisotopic (exact) mass is 303 g/mol. The number of hydrogen-bond acceptors (Lipinski definition) is 5. The van der Waals surface area contributed by atoms with Gasteiger partial charge < -0.3 is 19.9 Å². The minimum atomic E-state index is -1.94. The second-order valence-electron chi connectivity index (χ2n) is 5.67. The Bertz CT molecular complexity index is 234. The predicted octanol–water partition coefficient (Wildman–Crippen LogP) is 1.15. The van der Waals surface area contributed by atoms with E-state index >= 15 is 0 Å². The summed E-state index contributed by atoms with van der Waals surface area (Å²) in [6.07, 6.45) is 3.63. The lowest BCUT2D eigenvalue weighted by Gasteiger charge is -2.33. The average molecular weight is 304 g/mol. The zero-order valence-corrected chi connectivity index (χ0v) is 14.3. The number of nitrogens with one attached hydrogen (secondary N) is 1. The third-order valence-electron chi connectivity index (χ3n) is 3.76. The van der Waals surface area contributed by atoms with Gasteiger partial charge in [-0.25, -0.2) is 0 Å². The van der Waals surface area contributed by atoms with Crippen molar-refractivity contribution in [2.45, 2.75) is 38.8 Å². The summed E-state index contributed by atoms with van der Waals surface area (Å²) in [5.41, 5.74) is 5.46. The molecular formula is C14H33N3O2Si. The maximum atomic E-state index is 6.11. The molecule has 20 heavy (non-hydrogen) atoms. The molecule has 0 aromatic carbocycles. The molecule has 0 bridgehead atoms. The van der Waals surface area contributed by atoms with Gasteiger partial charge in [-0.3, -0.25) is 4.90 Å². The SMILES string of the molecule is CCCCN1CCO[Si](C)(CCCNCCN)OCC1. The molecule has 6 heteroatoms. The van der Waals surface area contributed by atoms with Crippen molar-refractivity contribution < 1.29 is 8.85 Å². The van der Waals surface area contributed by atoms with E-state index in [9.17, 15) is 0 Å². The fourth-order valence-corrected chi connectivity index (χ4v) is 4.68. The Morgan fingerprint density at radius 3 is 2.45 bits per heavy atom. The molecule has 0 aromatic heterocycles. The molecular weight excluding hydrogens is 270 g/mol. The van der Waals surface area contributed by atoms with Crippen LogP contribution in [-0.4, -0.2) is 65.9 Å². The van der Waals surface area contributed by atoms with Crippen LogP contribution in [0.25, 0.3) is 0 Å². The smallest absolute Gasteiger partial charge is 0.335 e. The topological polar surface area (TPSA) is 59.8 Å². The second kappa shape index (κ2) is 10.7. The van der Waals surface area contributed by atoms with E-state index in [1.807, 2.05) is 0 Å². The van der Waals surface area contributed by atoms with E-state index < -0.39 is 8.56 Å². The molecule has 1 aliphatic heterocycles. The molecule has 120 valence electrons. The van der Waals surface area contributed by atoms with Gasteiger partial charge >= 0.3 is 8.56 Å². The summed E-state index contributed by atoms with van der Waals surface area (Å²) in [6.45, 7) is 12.0. The van der Waals surface area contributed by atoms with Crippen LogP contribution in [0, 0.1) is 0 Å². The number of nitrogens with two attached hydrogens (primary N) is 1. The van der Waals surface area contributed by atoms with Crippen LogP contribution < -0.4 is 11.1 Å². The largest absolute Gasteiger partial charge is 0.393 e. The highest BCUT2D eigenvalue weighted by Gasteiger charge is 2.32. The minimum absolute atomic E-state index is 0.704.